The highest BCUT2D eigenvalue weighted by Crippen LogP contribution is 2.26. The summed E-state index contributed by atoms with van der Waals surface area (Å²) >= 11 is 0. The highest BCUT2D eigenvalue weighted by atomic mass is 32.2. The molecule has 0 aliphatic carbocycles. The van der Waals surface area contributed by atoms with Crippen molar-refractivity contribution >= 4 is 15.9 Å². The maximum Gasteiger partial charge on any atom is 0.243 e. The Bertz CT molecular complexity index is 992. The quantitative estimate of drug-likeness (QED) is 0.747. The van der Waals surface area contributed by atoms with Crippen molar-refractivity contribution in [3.05, 3.63) is 64.7 Å². The summed E-state index contributed by atoms with van der Waals surface area (Å²) < 4.78 is 27.5. The lowest BCUT2D eigenvalue weighted by Gasteiger charge is -2.31. The fraction of sp³-hybridized carbons (Fsp3) is 0.458. The molecule has 2 aromatic carbocycles. The number of nitrogens with zero attached hydrogens (tertiary/aromatic N) is 1. The van der Waals surface area contributed by atoms with Gasteiger partial charge in [-0.1, -0.05) is 42.8 Å². The summed E-state index contributed by atoms with van der Waals surface area (Å²) in [5.74, 6) is -0.138. The average molecular weight is 429 g/mol. The maximum atomic E-state index is 13.0. The number of nitrogens with one attached hydrogen (secondary N) is 1. The molecule has 0 radical (unpaired) electrons. The molecule has 30 heavy (non-hydrogen) atoms. The van der Waals surface area contributed by atoms with Gasteiger partial charge in [0.25, 0.3) is 0 Å². The van der Waals surface area contributed by atoms with Crippen LogP contribution in [0.4, 0.5) is 0 Å². The normalized spacial score (nSPS) is 16.9. The van der Waals surface area contributed by atoms with Gasteiger partial charge in [-0.2, -0.15) is 4.31 Å². The molecule has 0 bridgehead atoms. The monoisotopic (exact) mass is 428 g/mol. The first-order valence-corrected chi connectivity index (χ1v) is 12.1. The molecule has 1 aliphatic rings. The molecule has 3 rings (SSSR count). The number of hydrogen-bond acceptors (Lipinski definition) is 3. The number of carbonyl (C=O) groups is 1. The first-order valence-electron chi connectivity index (χ1n) is 10.7. The predicted octanol–water partition coefficient (Wildman–Crippen LogP) is 4.28. The molecular weight excluding hydrogens is 396 g/mol. The highest BCUT2D eigenvalue weighted by molar-refractivity contribution is 7.89. The molecule has 1 saturated heterocycles. The van der Waals surface area contributed by atoms with E-state index in [2.05, 4.69) is 36.5 Å². The predicted molar refractivity (Wildman–Crippen MR) is 120 cm³/mol. The third-order valence-corrected chi connectivity index (χ3v) is 8.04. The number of rotatable bonds is 6. The Balaban J connectivity index is 1.62. The highest BCUT2D eigenvalue weighted by Gasteiger charge is 2.32. The Hall–Kier alpha value is -2.18. The Morgan fingerprint density at radius 3 is 2.23 bits per heavy atom. The van der Waals surface area contributed by atoms with E-state index in [9.17, 15) is 13.2 Å². The van der Waals surface area contributed by atoms with E-state index in [4.69, 9.17) is 0 Å². The van der Waals surface area contributed by atoms with Crippen molar-refractivity contribution in [2.75, 3.05) is 13.1 Å². The van der Waals surface area contributed by atoms with Crippen LogP contribution < -0.4 is 5.32 Å². The van der Waals surface area contributed by atoms with Crippen LogP contribution in [0.25, 0.3) is 0 Å². The Morgan fingerprint density at radius 1 is 1.03 bits per heavy atom. The van der Waals surface area contributed by atoms with E-state index < -0.39 is 10.0 Å². The molecule has 6 heteroatoms. The van der Waals surface area contributed by atoms with Gasteiger partial charge in [0.15, 0.2) is 0 Å². The van der Waals surface area contributed by atoms with Crippen LogP contribution in [0.5, 0.6) is 0 Å². The second-order valence-electron chi connectivity index (χ2n) is 8.30. The second kappa shape index (κ2) is 9.31. The first-order chi connectivity index (χ1) is 14.2. The van der Waals surface area contributed by atoms with E-state index in [0.29, 0.717) is 30.8 Å². The molecular formula is C24H32N2O3S. The lowest BCUT2D eigenvalue weighted by Crippen LogP contribution is -2.43. The van der Waals surface area contributed by atoms with Gasteiger partial charge in [0.2, 0.25) is 15.9 Å². The van der Waals surface area contributed by atoms with Crippen molar-refractivity contribution in [3.63, 3.8) is 0 Å². The van der Waals surface area contributed by atoms with Gasteiger partial charge in [0.1, 0.15) is 0 Å². The molecule has 162 valence electrons. The Kier molecular flexibility index (Phi) is 6.98. The van der Waals surface area contributed by atoms with Crippen molar-refractivity contribution in [2.24, 2.45) is 5.92 Å². The van der Waals surface area contributed by atoms with E-state index in [1.54, 1.807) is 12.1 Å². The topological polar surface area (TPSA) is 66.5 Å². The van der Waals surface area contributed by atoms with Gasteiger partial charge in [-0.25, -0.2) is 8.42 Å². The van der Waals surface area contributed by atoms with Crippen LogP contribution in [-0.2, 0) is 14.8 Å². The van der Waals surface area contributed by atoms with Crippen LogP contribution in [0.3, 0.4) is 0 Å². The lowest BCUT2D eigenvalue weighted by molar-refractivity contribution is -0.126. The van der Waals surface area contributed by atoms with Gasteiger partial charge in [0.05, 0.1) is 10.9 Å². The summed E-state index contributed by atoms with van der Waals surface area (Å²) in [5.41, 5.74) is 4.33. The number of amides is 1. The van der Waals surface area contributed by atoms with Crippen LogP contribution in [0, 0.1) is 26.7 Å². The molecule has 2 aromatic rings. The standard InChI is InChI=1S/C24H32N2O3S/c1-5-23(20-9-6-17(2)7-10-20)25-24(27)21-12-14-26(15-13-21)30(28,29)22-11-8-18(3)19(4)16-22/h6-11,16,21,23H,5,12-15H2,1-4H3,(H,25,27). The van der Waals surface area contributed by atoms with E-state index in [-0.39, 0.29) is 17.9 Å². The van der Waals surface area contributed by atoms with Gasteiger partial charge in [-0.15, -0.1) is 0 Å². The van der Waals surface area contributed by atoms with E-state index >= 15 is 0 Å². The van der Waals surface area contributed by atoms with Crippen molar-refractivity contribution in [1.29, 1.82) is 0 Å². The third kappa shape index (κ3) is 4.93. The summed E-state index contributed by atoms with van der Waals surface area (Å²) in [6.07, 6.45) is 1.90. The lowest BCUT2D eigenvalue weighted by atomic mass is 9.95. The van der Waals surface area contributed by atoms with Crippen LogP contribution >= 0.6 is 0 Å². The van der Waals surface area contributed by atoms with Crippen molar-refractivity contribution in [2.45, 2.75) is 57.9 Å². The first kappa shape index (κ1) is 22.5. The van der Waals surface area contributed by atoms with Crippen LogP contribution in [0.1, 0.15) is 54.5 Å². The smallest absolute Gasteiger partial charge is 0.243 e. The zero-order valence-electron chi connectivity index (χ0n) is 18.3. The van der Waals surface area contributed by atoms with Crippen molar-refractivity contribution in [3.8, 4) is 0 Å². The minimum Gasteiger partial charge on any atom is -0.349 e. The largest absolute Gasteiger partial charge is 0.349 e. The fourth-order valence-electron chi connectivity index (χ4n) is 3.89. The fourth-order valence-corrected chi connectivity index (χ4v) is 5.45. The number of piperidine rings is 1. The van der Waals surface area contributed by atoms with Gasteiger partial charge in [-0.3, -0.25) is 4.79 Å². The molecule has 0 aromatic heterocycles. The molecule has 1 fully saturated rings. The minimum atomic E-state index is -3.52. The summed E-state index contributed by atoms with van der Waals surface area (Å²) in [7, 11) is -3.52. The van der Waals surface area contributed by atoms with Crippen molar-refractivity contribution in [1.82, 2.24) is 9.62 Å². The number of carbonyl (C=O) groups excluding carboxylic acids is 1. The van der Waals surface area contributed by atoms with Crippen LogP contribution in [0.15, 0.2) is 47.4 Å². The van der Waals surface area contributed by atoms with Crippen molar-refractivity contribution < 1.29 is 13.2 Å². The van der Waals surface area contributed by atoms with Gasteiger partial charge < -0.3 is 5.32 Å². The summed E-state index contributed by atoms with van der Waals surface area (Å²) in [5, 5.41) is 3.16. The second-order valence-corrected chi connectivity index (χ2v) is 10.2. The Labute approximate surface area is 180 Å². The molecule has 1 heterocycles. The molecule has 1 N–H and O–H groups in total. The van der Waals surface area contributed by atoms with Gasteiger partial charge >= 0.3 is 0 Å². The molecule has 5 nitrogen and oxygen atoms in total. The summed E-state index contributed by atoms with van der Waals surface area (Å²) in [4.78, 5) is 13.2. The van der Waals surface area contributed by atoms with E-state index in [1.807, 2.05) is 26.8 Å². The number of aryl methyl sites for hydroxylation is 3. The SMILES string of the molecule is CCC(NC(=O)C1CCN(S(=O)(=O)c2ccc(C)c(C)c2)CC1)c1ccc(C)cc1. The molecule has 1 unspecified atom stereocenters. The summed E-state index contributed by atoms with van der Waals surface area (Å²) in [6.45, 7) is 8.73. The van der Waals surface area contributed by atoms with E-state index in [1.165, 1.54) is 9.87 Å². The van der Waals surface area contributed by atoms with Gasteiger partial charge in [-0.05, 0) is 68.9 Å². The average Bonchev–Trinajstić information content (AvgIpc) is 2.74. The number of sulfonamides is 1. The molecule has 0 spiro atoms. The number of benzene rings is 2. The molecule has 0 saturated carbocycles. The summed E-state index contributed by atoms with van der Waals surface area (Å²) in [6, 6.07) is 13.5. The minimum absolute atomic E-state index is 0.0182. The van der Waals surface area contributed by atoms with Gasteiger partial charge in [0, 0.05) is 19.0 Å². The zero-order valence-corrected chi connectivity index (χ0v) is 19.1. The third-order valence-electron chi connectivity index (χ3n) is 6.15. The Morgan fingerprint density at radius 2 is 1.67 bits per heavy atom. The number of hydrogen-bond donors (Lipinski definition) is 1. The van der Waals surface area contributed by atoms with Crippen LogP contribution in [0.2, 0.25) is 0 Å². The molecule has 1 amide bonds. The zero-order chi connectivity index (χ0) is 21.9. The van der Waals surface area contributed by atoms with E-state index in [0.717, 1.165) is 23.1 Å². The maximum absolute atomic E-state index is 13.0. The van der Waals surface area contributed by atoms with Crippen LogP contribution in [-0.4, -0.2) is 31.7 Å². The molecule has 1 atom stereocenters. The molecule has 1 aliphatic heterocycles.